The molecule has 9 N–H and O–H groups in total. The maximum Gasteiger partial charge on any atom is 0.295 e. The van der Waals surface area contributed by atoms with E-state index in [1.807, 2.05) is 0 Å². The molecule has 0 aliphatic heterocycles. The van der Waals surface area contributed by atoms with Crippen molar-refractivity contribution in [1.29, 1.82) is 0 Å². The topological polar surface area (TPSA) is 298 Å². The van der Waals surface area contributed by atoms with E-state index >= 15 is 0 Å². The van der Waals surface area contributed by atoms with Crippen LogP contribution in [-0.4, -0.2) is 94.8 Å². The molecule has 0 spiro atoms. The average molecular weight is 705 g/mol. The Bertz CT molecular complexity index is 1900. The highest BCUT2D eigenvalue weighted by atomic mass is 32.2. The number of anilines is 8. The highest BCUT2D eigenvalue weighted by molar-refractivity contribution is 7.86. The van der Waals surface area contributed by atoms with Crippen LogP contribution in [-0.2, 0) is 25.1 Å². The number of hydrogen-bond acceptors (Lipinski definition) is 18. The van der Waals surface area contributed by atoms with Crippen LogP contribution in [0.25, 0.3) is 12.2 Å². The molecule has 0 saturated carbocycles. The average Bonchev–Trinajstić information content (AvgIpc) is 2.99. The van der Waals surface area contributed by atoms with E-state index in [1.165, 1.54) is 46.4 Å². The molecule has 256 valence electrons. The fourth-order valence-electron chi connectivity index (χ4n) is 4.07. The number of nitrogens with zero attached hydrogens (tertiary/aromatic N) is 8. The normalized spacial score (nSPS) is 11.9. The number of nitrogen functional groups attached to an aromatic ring is 2. The van der Waals surface area contributed by atoms with E-state index in [1.54, 1.807) is 21.0 Å². The van der Waals surface area contributed by atoms with Gasteiger partial charge in [0.15, 0.2) is 0 Å². The molecule has 48 heavy (non-hydrogen) atoms. The third-order valence-corrected chi connectivity index (χ3v) is 8.02. The van der Waals surface area contributed by atoms with Crippen molar-refractivity contribution < 1.29 is 35.9 Å². The van der Waals surface area contributed by atoms with Gasteiger partial charge in [0.2, 0.25) is 29.7 Å². The molecule has 2 aromatic heterocycles. The Labute approximate surface area is 275 Å². The molecule has 0 saturated heterocycles. The van der Waals surface area contributed by atoms with Gasteiger partial charge < -0.3 is 32.1 Å². The van der Waals surface area contributed by atoms with Crippen molar-refractivity contribution in [2.45, 2.75) is 16.7 Å². The standard InChI is InChI=1S/C26H32N12O8S2/c1-4-46-38(3)26-34-22(28)32-24(36-26)30-18-10-8-16(20(14-18)48(43,44)45)6-5-15-7-9-17(13-19(15)47(40,41)42)29-23-31-21(27)33-25(35-23)37(2)11-12-39/h5-10,13-14,39H,4,11-12H2,1-3H3,(H,40,41,42)(H,43,44,45)(H3,27,29,31,33,35)(H3,28,30,32,34,36)/b6-5+. The molecule has 0 amide bonds. The van der Waals surface area contributed by atoms with Gasteiger partial charge in [-0.15, -0.1) is 0 Å². The molecule has 0 fully saturated rings. The molecule has 22 heteroatoms. The van der Waals surface area contributed by atoms with Crippen LogP contribution in [0.15, 0.2) is 46.2 Å². The van der Waals surface area contributed by atoms with Crippen molar-refractivity contribution >= 4 is 79.5 Å². The van der Waals surface area contributed by atoms with Gasteiger partial charge in [0.05, 0.1) is 13.2 Å². The fraction of sp³-hybridized carbons (Fsp3) is 0.231. The first-order valence-electron chi connectivity index (χ1n) is 13.7. The minimum atomic E-state index is -4.81. The predicted octanol–water partition coefficient (Wildman–Crippen LogP) is 1.19. The van der Waals surface area contributed by atoms with E-state index in [4.69, 9.17) is 16.3 Å². The van der Waals surface area contributed by atoms with Crippen LogP contribution in [0.3, 0.4) is 0 Å². The zero-order valence-electron chi connectivity index (χ0n) is 25.7. The van der Waals surface area contributed by atoms with Crippen LogP contribution >= 0.6 is 0 Å². The molecule has 2 heterocycles. The lowest BCUT2D eigenvalue weighted by Gasteiger charge is -2.16. The minimum Gasteiger partial charge on any atom is -0.395 e. The summed E-state index contributed by atoms with van der Waals surface area (Å²) in [5.74, 6) is -0.170. The smallest absolute Gasteiger partial charge is 0.295 e. The van der Waals surface area contributed by atoms with E-state index in [9.17, 15) is 31.0 Å². The van der Waals surface area contributed by atoms with Crippen LogP contribution in [0.2, 0.25) is 0 Å². The summed E-state index contributed by atoms with van der Waals surface area (Å²) >= 11 is 0. The summed E-state index contributed by atoms with van der Waals surface area (Å²) in [5, 5.41) is 16.0. The van der Waals surface area contributed by atoms with E-state index in [-0.39, 0.29) is 71.3 Å². The number of likely N-dealkylation sites (N-methyl/N-ethyl adjacent to an activating group) is 1. The molecule has 0 aliphatic rings. The lowest BCUT2D eigenvalue weighted by molar-refractivity contribution is 0.131. The fourth-order valence-corrected chi connectivity index (χ4v) is 5.49. The van der Waals surface area contributed by atoms with Crippen LogP contribution in [0.5, 0.6) is 0 Å². The summed E-state index contributed by atoms with van der Waals surface area (Å²) in [6.07, 6.45) is 2.46. The third kappa shape index (κ3) is 9.18. The molecule has 2 aromatic carbocycles. The summed E-state index contributed by atoms with van der Waals surface area (Å²) in [6.45, 7) is 2.12. The van der Waals surface area contributed by atoms with Gasteiger partial charge in [0, 0.05) is 32.0 Å². The molecule has 4 aromatic rings. The summed E-state index contributed by atoms with van der Waals surface area (Å²) < 4.78 is 69.3. The second kappa shape index (κ2) is 14.7. The van der Waals surface area contributed by atoms with Gasteiger partial charge in [-0.3, -0.25) is 13.9 Å². The Balaban J connectivity index is 1.65. The Morgan fingerprint density at radius 2 is 1.23 bits per heavy atom. The molecule has 0 radical (unpaired) electrons. The van der Waals surface area contributed by atoms with E-state index < -0.39 is 30.0 Å². The number of aromatic nitrogens is 6. The number of aliphatic hydroxyl groups is 1. The number of hydroxylamine groups is 1. The lowest BCUT2D eigenvalue weighted by Crippen LogP contribution is -2.24. The minimum absolute atomic E-state index is 0.0290. The van der Waals surface area contributed by atoms with Crippen LogP contribution in [0.1, 0.15) is 18.1 Å². The van der Waals surface area contributed by atoms with Crippen molar-refractivity contribution in [3.63, 3.8) is 0 Å². The number of aliphatic hydroxyl groups excluding tert-OH is 1. The zero-order chi connectivity index (χ0) is 35.2. The second-order valence-corrected chi connectivity index (χ2v) is 12.5. The quantitative estimate of drug-likeness (QED) is 0.0550. The molecule has 20 nitrogen and oxygen atoms in total. The number of rotatable bonds is 14. The Hall–Kier alpha value is -5.26. The highest BCUT2D eigenvalue weighted by Crippen LogP contribution is 2.28. The molecule has 0 atom stereocenters. The van der Waals surface area contributed by atoms with Gasteiger partial charge >= 0.3 is 0 Å². The predicted molar refractivity (Wildman–Crippen MR) is 177 cm³/mol. The molecular weight excluding hydrogens is 672 g/mol. The Morgan fingerprint density at radius 3 is 1.67 bits per heavy atom. The first kappa shape index (κ1) is 35.6. The largest absolute Gasteiger partial charge is 0.395 e. The molecule has 0 bridgehead atoms. The van der Waals surface area contributed by atoms with Crippen molar-refractivity contribution in [3.8, 4) is 0 Å². The van der Waals surface area contributed by atoms with Crippen LogP contribution < -0.4 is 32.1 Å². The molecular formula is C26H32N12O8S2. The van der Waals surface area contributed by atoms with Crippen LogP contribution in [0, 0.1) is 0 Å². The van der Waals surface area contributed by atoms with Crippen LogP contribution in [0.4, 0.5) is 47.1 Å². The third-order valence-electron chi connectivity index (χ3n) is 6.20. The van der Waals surface area contributed by atoms with Crippen molar-refractivity contribution in [2.75, 3.05) is 65.9 Å². The van der Waals surface area contributed by atoms with Gasteiger partial charge in [0.25, 0.3) is 26.2 Å². The summed E-state index contributed by atoms with van der Waals surface area (Å²) in [5.41, 5.74) is 11.8. The van der Waals surface area contributed by atoms with Gasteiger partial charge in [0.1, 0.15) is 9.79 Å². The van der Waals surface area contributed by atoms with Crippen molar-refractivity contribution in [2.24, 2.45) is 0 Å². The Morgan fingerprint density at radius 1 is 0.771 bits per heavy atom. The summed E-state index contributed by atoms with van der Waals surface area (Å²) in [6, 6.07) is 7.75. The molecule has 4 rings (SSSR count). The van der Waals surface area contributed by atoms with E-state index in [2.05, 4.69) is 40.5 Å². The second-order valence-electron chi connectivity index (χ2n) is 9.73. The molecule has 0 aliphatic carbocycles. The highest BCUT2D eigenvalue weighted by Gasteiger charge is 2.19. The van der Waals surface area contributed by atoms with Gasteiger partial charge in [-0.05, 0) is 42.3 Å². The maximum absolute atomic E-state index is 12.3. The number of benzene rings is 2. The van der Waals surface area contributed by atoms with Crippen molar-refractivity contribution in [1.82, 2.24) is 29.9 Å². The summed E-state index contributed by atoms with van der Waals surface area (Å²) in [7, 11) is -6.45. The molecule has 0 unspecified atom stereocenters. The van der Waals surface area contributed by atoms with Gasteiger partial charge in [-0.2, -0.15) is 46.7 Å². The van der Waals surface area contributed by atoms with Gasteiger partial charge in [-0.25, -0.2) is 5.06 Å². The zero-order valence-corrected chi connectivity index (χ0v) is 27.3. The van der Waals surface area contributed by atoms with E-state index in [0.717, 1.165) is 12.1 Å². The first-order chi connectivity index (χ1) is 22.6. The first-order valence-corrected chi connectivity index (χ1v) is 16.6. The number of nitrogens with one attached hydrogen (secondary N) is 2. The SMILES string of the molecule is CCON(C)c1nc(N)nc(Nc2ccc(/C=C/c3ccc(Nc4nc(N)nc(N(C)CCO)n4)cc3S(=O)(=O)O)c(S(=O)(=O)O)c2)n1. The monoisotopic (exact) mass is 704 g/mol. The van der Waals surface area contributed by atoms with Gasteiger partial charge in [-0.1, -0.05) is 24.3 Å². The lowest BCUT2D eigenvalue weighted by atomic mass is 10.1. The Kier molecular flexibility index (Phi) is 10.9. The number of nitrogens with two attached hydrogens (primary N) is 2. The maximum atomic E-state index is 12.3. The summed E-state index contributed by atoms with van der Waals surface area (Å²) in [4.78, 5) is 30.0. The van der Waals surface area contributed by atoms with E-state index in [0.29, 0.717) is 6.61 Å². The van der Waals surface area contributed by atoms with Crippen molar-refractivity contribution in [3.05, 3.63) is 47.5 Å². The number of hydrogen-bond donors (Lipinski definition) is 7.